The average Bonchev–Trinajstić information content (AvgIpc) is 2.47. The first-order valence-electron chi connectivity index (χ1n) is 4.68. The number of nitrogens with two attached hydrogens (primary N) is 1. The maximum atomic E-state index is 11.7. The summed E-state index contributed by atoms with van der Waals surface area (Å²) < 4.78 is 35.2. The number of halogens is 4. The first kappa shape index (κ1) is 15.5. The van der Waals surface area contributed by atoms with Gasteiger partial charge in [0.15, 0.2) is 0 Å². The van der Waals surface area contributed by atoms with Crippen molar-refractivity contribution in [2.45, 2.75) is 18.6 Å². The molecule has 3 N–H and O–H groups in total. The summed E-state index contributed by atoms with van der Waals surface area (Å²) in [4.78, 5) is 12.8. The lowest BCUT2D eigenvalue weighted by Gasteiger charge is -2.15. The van der Waals surface area contributed by atoms with Crippen LogP contribution in [0.25, 0.3) is 0 Å². The molecule has 16 heavy (non-hydrogen) atoms. The standard InChI is InChI=1S/C8H14F3N3O.ClH/c9-8(10,11)5-13-7(15)4-14-2-1-6(12)3-14;/h6H,1-5,12H2,(H,13,15);1H/t6-;/m0./s1. The molecule has 1 atom stereocenters. The Balaban J connectivity index is 0.00000225. The fraction of sp³-hybridized carbons (Fsp3) is 0.875. The number of amides is 1. The van der Waals surface area contributed by atoms with E-state index >= 15 is 0 Å². The molecule has 0 unspecified atom stereocenters. The van der Waals surface area contributed by atoms with E-state index in [1.165, 1.54) is 0 Å². The topological polar surface area (TPSA) is 58.4 Å². The van der Waals surface area contributed by atoms with Crippen LogP contribution in [0.5, 0.6) is 0 Å². The Bertz CT molecular complexity index is 237. The van der Waals surface area contributed by atoms with Gasteiger partial charge in [-0.25, -0.2) is 0 Å². The number of rotatable bonds is 3. The van der Waals surface area contributed by atoms with Crippen LogP contribution in [0.1, 0.15) is 6.42 Å². The predicted octanol–water partition coefficient (Wildman–Crippen LogP) is 0.120. The molecule has 0 aromatic carbocycles. The highest BCUT2D eigenvalue weighted by Gasteiger charge is 2.28. The van der Waals surface area contributed by atoms with Gasteiger partial charge in [0.25, 0.3) is 0 Å². The molecular weight excluding hydrogens is 247 g/mol. The van der Waals surface area contributed by atoms with Crippen molar-refractivity contribution in [3.05, 3.63) is 0 Å². The van der Waals surface area contributed by atoms with Gasteiger partial charge in [-0.15, -0.1) is 12.4 Å². The van der Waals surface area contributed by atoms with Gasteiger partial charge in [0.2, 0.25) is 5.91 Å². The zero-order valence-corrected chi connectivity index (χ0v) is 9.40. The normalized spacial score (nSPS) is 21.6. The summed E-state index contributed by atoms with van der Waals surface area (Å²) in [6.07, 6.45) is -3.57. The van der Waals surface area contributed by atoms with Gasteiger partial charge in [0.1, 0.15) is 6.54 Å². The Hall–Kier alpha value is -0.530. The quantitative estimate of drug-likeness (QED) is 0.759. The molecule has 0 bridgehead atoms. The second-order valence-corrected chi connectivity index (χ2v) is 3.68. The lowest BCUT2D eigenvalue weighted by molar-refractivity contribution is -0.138. The number of likely N-dealkylation sites (tertiary alicyclic amines) is 1. The van der Waals surface area contributed by atoms with Gasteiger partial charge in [-0.2, -0.15) is 13.2 Å². The van der Waals surface area contributed by atoms with E-state index in [-0.39, 0.29) is 25.0 Å². The molecule has 0 aromatic rings. The molecule has 1 amide bonds. The Morgan fingerprint density at radius 3 is 2.56 bits per heavy atom. The lowest BCUT2D eigenvalue weighted by atomic mass is 10.3. The van der Waals surface area contributed by atoms with Crippen LogP contribution >= 0.6 is 12.4 Å². The molecule has 0 aliphatic carbocycles. The molecule has 0 spiro atoms. The molecule has 1 aliphatic heterocycles. The maximum absolute atomic E-state index is 11.7. The Morgan fingerprint density at radius 2 is 2.12 bits per heavy atom. The van der Waals surface area contributed by atoms with Gasteiger partial charge < -0.3 is 11.1 Å². The van der Waals surface area contributed by atoms with E-state index in [1.54, 1.807) is 4.90 Å². The molecule has 0 radical (unpaired) electrons. The molecule has 1 rings (SSSR count). The maximum Gasteiger partial charge on any atom is 0.405 e. The molecule has 8 heteroatoms. The first-order valence-corrected chi connectivity index (χ1v) is 4.68. The number of carbonyl (C=O) groups excluding carboxylic acids is 1. The Morgan fingerprint density at radius 1 is 1.50 bits per heavy atom. The summed E-state index contributed by atoms with van der Waals surface area (Å²) in [6.45, 7) is -0.0461. The van der Waals surface area contributed by atoms with Crippen molar-refractivity contribution in [1.29, 1.82) is 0 Å². The fourth-order valence-corrected chi connectivity index (χ4v) is 1.46. The van der Waals surface area contributed by atoms with Crippen LogP contribution in [0.3, 0.4) is 0 Å². The number of nitrogens with zero attached hydrogens (tertiary/aromatic N) is 1. The third kappa shape index (κ3) is 6.14. The van der Waals surface area contributed by atoms with Crippen LogP contribution in [0, 0.1) is 0 Å². The van der Waals surface area contributed by atoms with Crippen molar-refractivity contribution in [3.8, 4) is 0 Å². The van der Waals surface area contributed by atoms with E-state index in [9.17, 15) is 18.0 Å². The molecule has 1 fully saturated rings. The fourth-order valence-electron chi connectivity index (χ4n) is 1.46. The molecule has 96 valence electrons. The second-order valence-electron chi connectivity index (χ2n) is 3.68. The number of hydrogen-bond acceptors (Lipinski definition) is 3. The predicted molar refractivity (Wildman–Crippen MR) is 55.3 cm³/mol. The lowest BCUT2D eigenvalue weighted by Crippen LogP contribution is -2.41. The zero-order chi connectivity index (χ0) is 11.5. The van der Waals surface area contributed by atoms with Crippen molar-refractivity contribution in [2.24, 2.45) is 5.73 Å². The smallest absolute Gasteiger partial charge is 0.346 e. The Kier molecular flexibility index (Phi) is 6.06. The third-order valence-electron chi connectivity index (χ3n) is 2.16. The van der Waals surface area contributed by atoms with Crippen molar-refractivity contribution < 1.29 is 18.0 Å². The summed E-state index contributed by atoms with van der Waals surface area (Å²) >= 11 is 0. The SMILES string of the molecule is Cl.N[C@H]1CCN(CC(=O)NCC(F)(F)F)C1. The summed E-state index contributed by atoms with van der Waals surface area (Å²) in [5.74, 6) is -0.610. The van der Waals surface area contributed by atoms with Crippen molar-refractivity contribution in [2.75, 3.05) is 26.2 Å². The van der Waals surface area contributed by atoms with Crippen molar-refractivity contribution in [1.82, 2.24) is 10.2 Å². The molecule has 4 nitrogen and oxygen atoms in total. The van der Waals surface area contributed by atoms with Crippen molar-refractivity contribution in [3.63, 3.8) is 0 Å². The van der Waals surface area contributed by atoms with Crippen LogP contribution < -0.4 is 11.1 Å². The summed E-state index contributed by atoms with van der Waals surface area (Å²) in [7, 11) is 0. The minimum Gasteiger partial charge on any atom is -0.346 e. The molecule has 1 aliphatic rings. The van der Waals surface area contributed by atoms with Crippen LogP contribution in [-0.2, 0) is 4.79 Å². The van der Waals surface area contributed by atoms with Gasteiger partial charge in [-0.1, -0.05) is 0 Å². The number of alkyl halides is 3. The van der Waals surface area contributed by atoms with Crippen LogP contribution in [-0.4, -0.2) is 49.2 Å². The minimum atomic E-state index is -4.35. The van der Waals surface area contributed by atoms with Crippen LogP contribution in [0.4, 0.5) is 13.2 Å². The second kappa shape index (κ2) is 6.27. The largest absolute Gasteiger partial charge is 0.405 e. The van der Waals surface area contributed by atoms with Crippen molar-refractivity contribution >= 4 is 18.3 Å². The van der Waals surface area contributed by atoms with Gasteiger partial charge in [0.05, 0.1) is 6.54 Å². The summed E-state index contributed by atoms with van der Waals surface area (Å²) in [5.41, 5.74) is 5.59. The van der Waals surface area contributed by atoms with Gasteiger partial charge >= 0.3 is 6.18 Å². The van der Waals surface area contributed by atoms with E-state index in [2.05, 4.69) is 0 Å². The first-order chi connectivity index (χ1) is 6.87. The van der Waals surface area contributed by atoms with E-state index in [4.69, 9.17) is 5.73 Å². The zero-order valence-electron chi connectivity index (χ0n) is 8.59. The van der Waals surface area contributed by atoms with E-state index in [0.717, 1.165) is 6.42 Å². The molecule has 0 aromatic heterocycles. The highest BCUT2D eigenvalue weighted by molar-refractivity contribution is 5.85. The van der Waals surface area contributed by atoms with Crippen LogP contribution in [0.2, 0.25) is 0 Å². The number of hydrogen-bond donors (Lipinski definition) is 2. The monoisotopic (exact) mass is 261 g/mol. The van der Waals surface area contributed by atoms with E-state index in [0.29, 0.717) is 13.1 Å². The molecule has 1 heterocycles. The highest BCUT2D eigenvalue weighted by atomic mass is 35.5. The molecule has 1 saturated heterocycles. The van der Waals surface area contributed by atoms with E-state index in [1.807, 2.05) is 5.32 Å². The molecular formula is C8H15ClF3N3O. The van der Waals surface area contributed by atoms with Crippen LogP contribution in [0.15, 0.2) is 0 Å². The van der Waals surface area contributed by atoms with Gasteiger partial charge in [-0.3, -0.25) is 9.69 Å². The number of nitrogens with one attached hydrogen (secondary N) is 1. The average molecular weight is 262 g/mol. The molecule has 0 saturated carbocycles. The van der Waals surface area contributed by atoms with E-state index < -0.39 is 18.6 Å². The van der Waals surface area contributed by atoms with Gasteiger partial charge in [0, 0.05) is 19.1 Å². The summed E-state index contributed by atoms with van der Waals surface area (Å²) in [5, 5.41) is 1.82. The summed E-state index contributed by atoms with van der Waals surface area (Å²) in [6, 6.07) is 0.0282. The Labute approximate surface area is 97.7 Å². The third-order valence-corrected chi connectivity index (χ3v) is 2.16. The van der Waals surface area contributed by atoms with Gasteiger partial charge in [-0.05, 0) is 6.42 Å². The minimum absolute atomic E-state index is 0. The number of carbonyl (C=O) groups is 1. The highest BCUT2D eigenvalue weighted by Crippen LogP contribution is 2.12.